The number of aromatic carboxylic acids is 1. The summed E-state index contributed by atoms with van der Waals surface area (Å²) in [7, 11) is 0. The van der Waals surface area contributed by atoms with Crippen molar-refractivity contribution < 1.29 is 19.4 Å². The van der Waals surface area contributed by atoms with Crippen molar-refractivity contribution in [1.82, 2.24) is 4.98 Å². The van der Waals surface area contributed by atoms with Crippen LogP contribution < -0.4 is 0 Å². The van der Waals surface area contributed by atoms with Crippen molar-refractivity contribution in [2.75, 3.05) is 6.61 Å². The average Bonchev–Trinajstić information content (AvgIpc) is 2.36. The number of rotatable bonds is 3. The molecule has 5 heteroatoms. The summed E-state index contributed by atoms with van der Waals surface area (Å²) in [4.78, 5) is 13.8. The minimum absolute atomic E-state index is 0.126. The van der Waals surface area contributed by atoms with Gasteiger partial charge in [-0.1, -0.05) is 0 Å². The molecular weight excluding hydrogens is 150 g/mol. The molecule has 1 rings (SSSR count). The lowest BCUT2D eigenvalue weighted by molar-refractivity contribution is 0.0688. The van der Waals surface area contributed by atoms with E-state index in [-0.39, 0.29) is 24.5 Å². The Morgan fingerprint density at radius 1 is 1.73 bits per heavy atom. The van der Waals surface area contributed by atoms with E-state index in [1.807, 2.05) is 0 Å². The second kappa shape index (κ2) is 3.16. The van der Waals surface area contributed by atoms with Gasteiger partial charge in [0.1, 0.15) is 5.76 Å². The molecule has 0 fully saturated rings. The summed E-state index contributed by atoms with van der Waals surface area (Å²) < 4.78 is 4.71. The maximum atomic E-state index is 10.4. The number of carboxylic acid groups (broad SMARTS) is 1. The first kappa shape index (κ1) is 7.74. The van der Waals surface area contributed by atoms with Gasteiger partial charge < -0.3 is 14.6 Å². The third-order valence-corrected chi connectivity index (χ3v) is 1.18. The molecule has 0 aromatic carbocycles. The normalized spacial score (nSPS) is 9.91. The molecule has 0 amide bonds. The highest BCUT2D eigenvalue weighted by Crippen LogP contribution is 2.06. The van der Waals surface area contributed by atoms with Crippen LogP contribution in [0.2, 0.25) is 0 Å². The SMILES string of the molecule is O=C(O)c1ncoc1CCO. The highest BCUT2D eigenvalue weighted by Gasteiger charge is 2.13. The number of nitrogens with zero attached hydrogens (tertiary/aromatic N) is 1. The number of hydrogen-bond donors (Lipinski definition) is 2. The van der Waals surface area contributed by atoms with Gasteiger partial charge in [-0.3, -0.25) is 0 Å². The van der Waals surface area contributed by atoms with Crippen molar-refractivity contribution >= 4 is 5.97 Å². The molecule has 1 aromatic heterocycles. The lowest BCUT2D eigenvalue weighted by atomic mass is 10.3. The molecule has 0 radical (unpaired) electrons. The minimum Gasteiger partial charge on any atom is -0.476 e. The maximum Gasteiger partial charge on any atom is 0.358 e. The molecule has 0 atom stereocenters. The first-order valence-corrected chi connectivity index (χ1v) is 3.02. The van der Waals surface area contributed by atoms with Gasteiger partial charge in [0.25, 0.3) is 0 Å². The Balaban J connectivity index is 2.87. The molecular formula is C6H7NO4. The molecule has 0 saturated heterocycles. The summed E-state index contributed by atoms with van der Waals surface area (Å²) in [6.45, 7) is -0.143. The van der Waals surface area contributed by atoms with Crippen LogP contribution in [-0.2, 0) is 6.42 Å². The van der Waals surface area contributed by atoms with Gasteiger partial charge in [-0.05, 0) is 0 Å². The Kier molecular flexibility index (Phi) is 2.22. The summed E-state index contributed by atoms with van der Waals surface area (Å²) in [6, 6.07) is 0. The molecule has 2 N–H and O–H groups in total. The van der Waals surface area contributed by atoms with Crippen molar-refractivity contribution in [2.45, 2.75) is 6.42 Å². The van der Waals surface area contributed by atoms with Gasteiger partial charge in [0.05, 0.1) is 6.61 Å². The Hall–Kier alpha value is -1.36. The summed E-state index contributed by atoms with van der Waals surface area (Å²) in [6.07, 6.45) is 1.23. The van der Waals surface area contributed by atoms with E-state index in [1.54, 1.807) is 0 Å². The van der Waals surface area contributed by atoms with Crippen molar-refractivity contribution in [1.29, 1.82) is 0 Å². The van der Waals surface area contributed by atoms with E-state index in [9.17, 15) is 4.79 Å². The summed E-state index contributed by atoms with van der Waals surface area (Å²) >= 11 is 0. The van der Waals surface area contributed by atoms with Gasteiger partial charge in [-0.15, -0.1) is 0 Å². The largest absolute Gasteiger partial charge is 0.476 e. The zero-order valence-corrected chi connectivity index (χ0v) is 5.65. The Bertz CT molecular complexity index is 255. The fourth-order valence-corrected chi connectivity index (χ4v) is 0.724. The van der Waals surface area contributed by atoms with Crippen LogP contribution in [0.4, 0.5) is 0 Å². The van der Waals surface area contributed by atoms with E-state index >= 15 is 0 Å². The van der Waals surface area contributed by atoms with Crippen LogP contribution in [0.5, 0.6) is 0 Å². The molecule has 60 valence electrons. The van der Waals surface area contributed by atoms with Gasteiger partial charge in [-0.2, -0.15) is 0 Å². The molecule has 1 aromatic rings. The van der Waals surface area contributed by atoms with Crippen molar-refractivity contribution in [3.63, 3.8) is 0 Å². The van der Waals surface area contributed by atoms with Crippen LogP contribution in [0.25, 0.3) is 0 Å². The number of oxazole rings is 1. The number of hydrogen-bond acceptors (Lipinski definition) is 4. The number of aliphatic hydroxyl groups is 1. The van der Waals surface area contributed by atoms with Crippen LogP contribution in [0, 0.1) is 0 Å². The van der Waals surface area contributed by atoms with E-state index in [0.717, 1.165) is 6.39 Å². The predicted molar refractivity (Wildman–Crippen MR) is 34.3 cm³/mol. The van der Waals surface area contributed by atoms with Crippen molar-refractivity contribution in [3.05, 3.63) is 17.8 Å². The summed E-state index contributed by atoms with van der Waals surface area (Å²) in [5.41, 5.74) is -0.126. The second-order valence-electron chi connectivity index (χ2n) is 1.90. The highest BCUT2D eigenvalue weighted by molar-refractivity contribution is 5.86. The molecule has 1 heterocycles. The zero-order valence-electron chi connectivity index (χ0n) is 5.65. The minimum atomic E-state index is -1.14. The van der Waals surface area contributed by atoms with E-state index in [4.69, 9.17) is 14.6 Å². The molecule has 0 spiro atoms. The van der Waals surface area contributed by atoms with Crippen LogP contribution >= 0.6 is 0 Å². The molecule has 0 unspecified atom stereocenters. The zero-order chi connectivity index (χ0) is 8.27. The number of aliphatic hydroxyl groups excluding tert-OH is 1. The number of aromatic nitrogens is 1. The topological polar surface area (TPSA) is 83.6 Å². The lowest BCUT2D eigenvalue weighted by Gasteiger charge is -1.91. The van der Waals surface area contributed by atoms with E-state index in [1.165, 1.54) is 0 Å². The Morgan fingerprint density at radius 3 is 3.00 bits per heavy atom. The third kappa shape index (κ3) is 1.56. The summed E-state index contributed by atoms with van der Waals surface area (Å²) in [5, 5.41) is 16.9. The number of carbonyl (C=O) groups is 1. The Morgan fingerprint density at radius 2 is 2.45 bits per heavy atom. The van der Waals surface area contributed by atoms with Crippen LogP contribution in [0.15, 0.2) is 10.8 Å². The molecule has 5 nitrogen and oxygen atoms in total. The van der Waals surface area contributed by atoms with Crippen LogP contribution in [-0.4, -0.2) is 27.8 Å². The quantitative estimate of drug-likeness (QED) is 0.640. The van der Waals surface area contributed by atoms with E-state index < -0.39 is 5.97 Å². The van der Waals surface area contributed by atoms with E-state index in [2.05, 4.69) is 4.98 Å². The Labute approximate surface area is 62.3 Å². The van der Waals surface area contributed by atoms with Gasteiger partial charge in [0, 0.05) is 6.42 Å². The molecule has 0 aliphatic heterocycles. The molecule has 0 aliphatic rings. The van der Waals surface area contributed by atoms with Crippen LogP contribution in [0.1, 0.15) is 16.2 Å². The molecule has 0 aliphatic carbocycles. The molecule has 0 saturated carbocycles. The third-order valence-electron chi connectivity index (χ3n) is 1.18. The fourth-order valence-electron chi connectivity index (χ4n) is 0.724. The maximum absolute atomic E-state index is 10.4. The van der Waals surface area contributed by atoms with E-state index in [0.29, 0.717) is 0 Å². The van der Waals surface area contributed by atoms with Gasteiger partial charge in [0.2, 0.25) is 0 Å². The highest BCUT2D eigenvalue weighted by atomic mass is 16.4. The first-order chi connectivity index (χ1) is 5.25. The monoisotopic (exact) mass is 157 g/mol. The standard InChI is InChI=1S/C6H7NO4/c8-2-1-4-5(6(9)10)7-3-11-4/h3,8H,1-2H2,(H,9,10). The second-order valence-corrected chi connectivity index (χ2v) is 1.90. The van der Waals surface area contributed by atoms with Gasteiger partial charge in [0.15, 0.2) is 12.1 Å². The van der Waals surface area contributed by atoms with Gasteiger partial charge in [-0.25, -0.2) is 9.78 Å². The van der Waals surface area contributed by atoms with Gasteiger partial charge >= 0.3 is 5.97 Å². The van der Waals surface area contributed by atoms with Crippen LogP contribution in [0.3, 0.4) is 0 Å². The predicted octanol–water partition coefficient (Wildman–Crippen LogP) is -0.0924. The molecule has 11 heavy (non-hydrogen) atoms. The average molecular weight is 157 g/mol. The van der Waals surface area contributed by atoms with Crippen molar-refractivity contribution in [2.24, 2.45) is 0 Å². The smallest absolute Gasteiger partial charge is 0.358 e. The van der Waals surface area contributed by atoms with Crippen molar-refractivity contribution in [3.8, 4) is 0 Å². The fraction of sp³-hybridized carbons (Fsp3) is 0.333. The number of carboxylic acids is 1. The first-order valence-electron chi connectivity index (χ1n) is 3.02. The lowest BCUT2D eigenvalue weighted by Crippen LogP contribution is -2.02. The molecule has 0 bridgehead atoms. The summed E-state index contributed by atoms with van der Waals surface area (Å²) in [5.74, 6) is -0.929.